The summed E-state index contributed by atoms with van der Waals surface area (Å²) in [5, 5.41) is 12.1. The number of aromatic nitrogens is 2. The van der Waals surface area contributed by atoms with Crippen LogP contribution < -0.4 is 9.64 Å². The van der Waals surface area contributed by atoms with Gasteiger partial charge in [-0.25, -0.2) is 4.79 Å². The Morgan fingerprint density at radius 3 is 2.69 bits per heavy atom. The molecule has 0 aliphatic carbocycles. The molecule has 8 nitrogen and oxygen atoms in total. The lowest BCUT2D eigenvalue weighted by molar-refractivity contribution is 0.0595. The number of esters is 1. The number of carbonyl (C=O) groups is 2. The van der Waals surface area contributed by atoms with Crippen molar-refractivity contribution in [1.82, 2.24) is 9.97 Å². The predicted molar refractivity (Wildman–Crippen MR) is 121 cm³/mol. The lowest BCUT2D eigenvalue weighted by atomic mass is 9.98. The number of anilines is 1. The first-order valence-electron chi connectivity index (χ1n) is 9.96. The Balaban J connectivity index is 1.61. The highest BCUT2D eigenvalue weighted by Gasteiger charge is 2.36. The van der Waals surface area contributed by atoms with Crippen LogP contribution in [0.4, 0.5) is 5.69 Å². The van der Waals surface area contributed by atoms with Gasteiger partial charge in [-0.2, -0.15) is 0 Å². The smallest absolute Gasteiger partial charge is 0.354 e. The zero-order valence-electron chi connectivity index (χ0n) is 17.4. The fourth-order valence-corrected chi connectivity index (χ4v) is 4.64. The number of amides is 1. The number of aromatic amines is 2. The number of hydrogen-bond donors (Lipinski definition) is 3. The van der Waals surface area contributed by atoms with Crippen molar-refractivity contribution in [2.45, 2.75) is 5.92 Å². The number of aromatic hydroxyl groups is 1. The molecule has 1 amide bonds. The van der Waals surface area contributed by atoms with E-state index in [1.54, 1.807) is 24.1 Å². The van der Waals surface area contributed by atoms with Gasteiger partial charge in [-0.05, 0) is 35.9 Å². The molecule has 1 aliphatic rings. The molecule has 1 atom stereocenters. The normalized spacial score (nSPS) is 15.3. The lowest BCUT2D eigenvalue weighted by Crippen LogP contribution is -2.30. The first-order valence-corrected chi connectivity index (χ1v) is 10.5. The van der Waals surface area contributed by atoms with E-state index >= 15 is 0 Å². The molecule has 2 aromatic heterocycles. The van der Waals surface area contributed by atoms with E-state index in [1.165, 1.54) is 13.2 Å². The zero-order chi connectivity index (χ0) is 22.6. The Bertz CT molecular complexity index is 1390. The Morgan fingerprint density at radius 1 is 1.16 bits per heavy atom. The molecule has 2 aromatic carbocycles. The van der Waals surface area contributed by atoms with Crippen LogP contribution in [0, 0.1) is 0 Å². The van der Waals surface area contributed by atoms with Crippen LogP contribution in [0.15, 0.2) is 36.4 Å². The molecular weight excluding hydrogens is 434 g/mol. The van der Waals surface area contributed by atoms with Crippen LogP contribution in [0.3, 0.4) is 0 Å². The van der Waals surface area contributed by atoms with Crippen molar-refractivity contribution in [1.29, 1.82) is 0 Å². The van der Waals surface area contributed by atoms with E-state index in [0.717, 1.165) is 16.5 Å². The molecule has 4 aromatic rings. The average molecular weight is 454 g/mol. The number of ether oxygens (including phenoxy) is 2. The van der Waals surface area contributed by atoms with Crippen LogP contribution in [0.1, 0.15) is 32.5 Å². The number of halogens is 1. The van der Waals surface area contributed by atoms with Crippen molar-refractivity contribution in [3.8, 4) is 11.5 Å². The number of hydrogen-bond acceptors (Lipinski definition) is 5. The third-order valence-electron chi connectivity index (χ3n) is 5.91. The van der Waals surface area contributed by atoms with Gasteiger partial charge >= 0.3 is 5.97 Å². The van der Waals surface area contributed by atoms with E-state index < -0.39 is 5.97 Å². The summed E-state index contributed by atoms with van der Waals surface area (Å²) in [4.78, 5) is 33.1. The van der Waals surface area contributed by atoms with Crippen LogP contribution >= 0.6 is 11.6 Å². The summed E-state index contributed by atoms with van der Waals surface area (Å²) in [5.41, 5.74) is 3.23. The average Bonchev–Trinajstić information content (AvgIpc) is 3.52. The van der Waals surface area contributed by atoms with Gasteiger partial charge in [-0.3, -0.25) is 4.79 Å². The molecule has 0 unspecified atom stereocenters. The summed E-state index contributed by atoms with van der Waals surface area (Å²) in [6.07, 6.45) is 0. The maximum absolute atomic E-state index is 13.5. The second kappa shape index (κ2) is 7.49. The van der Waals surface area contributed by atoms with Gasteiger partial charge in [0.2, 0.25) is 0 Å². The number of H-pyrrole nitrogens is 2. The van der Waals surface area contributed by atoms with Gasteiger partial charge in [-0.1, -0.05) is 0 Å². The summed E-state index contributed by atoms with van der Waals surface area (Å²) in [6.45, 7) is 0.355. The number of phenolic OH excluding ortho intramolecular Hbond substituents is 1. The lowest BCUT2D eigenvalue weighted by Gasteiger charge is -2.17. The van der Waals surface area contributed by atoms with Gasteiger partial charge in [0.05, 0.1) is 25.4 Å². The maximum Gasteiger partial charge on any atom is 0.354 e. The molecule has 0 saturated carbocycles. The van der Waals surface area contributed by atoms with Crippen LogP contribution in [-0.2, 0) is 4.74 Å². The fourth-order valence-electron chi connectivity index (χ4n) is 4.39. The van der Waals surface area contributed by atoms with Gasteiger partial charge in [-0.15, -0.1) is 11.6 Å². The van der Waals surface area contributed by atoms with Crippen LogP contribution in [-0.4, -0.2) is 53.6 Å². The van der Waals surface area contributed by atoms with Gasteiger partial charge in [0.15, 0.2) is 0 Å². The highest BCUT2D eigenvalue weighted by Crippen LogP contribution is 2.46. The van der Waals surface area contributed by atoms with E-state index in [4.69, 9.17) is 21.1 Å². The molecule has 0 radical (unpaired) electrons. The van der Waals surface area contributed by atoms with Crippen molar-refractivity contribution in [2.24, 2.45) is 0 Å². The summed E-state index contributed by atoms with van der Waals surface area (Å²) in [5.74, 6) is -0.0369. The number of carbonyl (C=O) groups excluding carboxylic acids is 2. The molecular formula is C23H20ClN3O5. The molecule has 5 rings (SSSR count). The molecule has 0 fully saturated rings. The van der Waals surface area contributed by atoms with Crippen molar-refractivity contribution >= 4 is 51.0 Å². The number of rotatable bonds is 4. The molecule has 0 spiro atoms. The molecule has 0 bridgehead atoms. The van der Waals surface area contributed by atoms with Gasteiger partial charge in [0.1, 0.15) is 22.9 Å². The van der Waals surface area contributed by atoms with Crippen molar-refractivity contribution in [2.75, 3.05) is 31.5 Å². The van der Waals surface area contributed by atoms with E-state index in [1.807, 2.05) is 18.2 Å². The summed E-state index contributed by atoms with van der Waals surface area (Å²) in [7, 11) is 2.88. The number of fused-ring (bicyclic) bond motifs is 4. The number of nitrogens with one attached hydrogen (secondary N) is 2. The molecule has 3 N–H and O–H groups in total. The third-order valence-corrected chi connectivity index (χ3v) is 6.28. The Kier molecular flexibility index (Phi) is 4.74. The minimum Gasteiger partial charge on any atom is -0.506 e. The van der Waals surface area contributed by atoms with Crippen LogP contribution in [0.5, 0.6) is 11.5 Å². The van der Waals surface area contributed by atoms with Gasteiger partial charge in [0, 0.05) is 40.7 Å². The Hall–Kier alpha value is -3.65. The number of phenols is 1. The third kappa shape index (κ3) is 2.98. The van der Waals surface area contributed by atoms with Gasteiger partial charge in [0.25, 0.3) is 5.91 Å². The van der Waals surface area contributed by atoms with E-state index in [-0.39, 0.29) is 29.1 Å². The van der Waals surface area contributed by atoms with Gasteiger partial charge < -0.3 is 29.4 Å². The Labute approximate surface area is 187 Å². The monoisotopic (exact) mass is 453 g/mol. The minimum atomic E-state index is -0.545. The van der Waals surface area contributed by atoms with Crippen molar-refractivity contribution < 1.29 is 24.2 Å². The van der Waals surface area contributed by atoms with E-state index in [2.05, 4.69) is 9.97 Å². The molecule has 9 heteroatoms. The number of benzene rings is 2. The summed E-state index contributed by atoms with van der Waals surface area (Å²) < 4.78 is 10.0. The molecule has 164 valence electrons. The highest BCUT2D eigenvalue weighted by atomic mass is 35.5. The van der Waals surface area contributed by atoms with E-state index in [0.29, 0.717) is 34.6 Å². The summed E-state index contributed by atoms with van der Waals surface area (Å²) >= 11 is 6.26. The first-order chi connectivity index (χ1) is 15.4. The number of alkyl halides is 1. The zero-order valence-corrected chi connectivity index (χ0v) is 18.1. The molecule has 0 saturated heterocycles. The minimum absolute atomic E-state index is 0.0664. The van der Waals surface area contributed by atoms with E-state index in [9.17, 15) is 14.7 Å². The first kappa shape index (κ1) is 20.3. The van der Waals surface area contributed by atoms with Crippen LogP contribution in [0.2, 0.25) is 0 Å². The fraction of sp³-hybridized carbons (Fsp3) is 0.217. The molecule has 3 heterocycles. The number of methoxy groups -OCH3 is 2. The number of nitrogens with zero attached hydrogens (tertiary/aromatic N) is 1. The predicted octanol–water partition coefficient (Wildman–Crippen LogP) is 4.13. The Morgan fingerprint density at radius 2 is 1.97 bits per heavy atom. The summed E-state index contributed by atoms with van der Waals surface area (Å²) in [6, 6.07) is 10.5. The maximum atomic E-state index is 13.5. The van der Waals surface area contributed by atoms with Crippen molar-refractivity contribution in [3.63, 3.8) is 0 Å². The molecule has 1 aliphatic heterocycles. The standard InChI is InChI=1S/C23H20ClN3O5/c1-31-13-3-4-15-11(5-13)6-16(25-15)22(29)27-10-12(9-24)20-14-7-17(23(30)32-2)26-21(14)19(28)8-18(20)27/h3-8,12,25-26,28H,9-10H2,1-2H3/t12-/m1/s1. The largest absolute Gasteiger partial charge is 0.506 e. The van der Waals surface area contributed by atoms with Crippen molar-refractivity contribution in [3.05, 3.63) is 53.3 Å². The molecule has 32 heavy (non-hydrogen) atoms. The second-order valence-electron chi connectivity index (χ2n) is 7.69. The highest BCUT2D eigenvalue weighted by molar-refractivity contribution is 6.19. The second-order valence-corrected chi connectivity index (χ2v) is 8.00. The quantitative estimate of drug-likeness (QED) is 0.318. The van der Waals surface area contributed by atoms with Crippen LogP contribution in [0.25, 0.3) is 21.8 Å². The topological polar surface area (TPSA) is 108 Å². The SMILES string of the molecule is COC(=O)c1cc2c3c(cc(O)c2[nH]1)N(C(=O)c1cc2cc(OC)ccc2[nH]1)C[C@H]3CCl.